The topological polar surface area (TPSA) is 60.6 Å². The third-order valence-corrected chi connectivity index (χ3v) is 4.86. The van der Waals surface area contributed by atoms with Gasteiger partial charge in [0, 0.05) is 42.3 Å². The molecule has 1 heterocycles. The third-order valence-electron chi connectivity index (χ3n) is 4.05. The molecule has 1 aliphatic carbocycles. The van der Waals surface area contributed by atoms with Gasteiger partial charge >= 0.3 is 0 Å². The molecule has 0 aliphatic heterocycles. The number of rotatable bonds is 8. The van der Waals surface area contributed by atoms with Crippen LogP contribution in [0.2, 0.25) is 0 Å². The summed E-state index contributed by atoms with van der Waals surface area (Å²) in [5.41, 5.74) is 6.93. The summed E-state index contributed by atoms with van der Waals surface area (Å²) in [6.07, 6.45) is 4.55. The van der Waals surface area contributed by atoms with E-state index in [0.717, 1.165) is 37.1 Å². The Hall–Kier alpha value is -1.50. The van der Waals surface area contributed by atoms with Crippen molar-refractivity contribution in [2.24, 2.45) is 5.92 Å². The van der Waals surface area contributed by atoms with Crippen LogP contribution in [0.3, 0.4) is 0 Å². The van der Waals surface area contributed by atoms with Crippen molar-refractivity contribution in [1.29, 1.82) is 0 Å². The Kier molecular flexibility index (Phi) is 6.71. The molecule has 0 unspecified atom stereocenters. The lowest BCUT2D eigenvalue weighted by molar-refractivity contribution is 0.244. The van der Waals surface area contributed by atoms with Crippen molar-refractivity contribution in [1.82, 2.24) is 9.88 Å². The van der Waals surface area contributed by atoms with E-state index in [1.54, 1.807) is 25.6 Å². The molecule has 1 fully saturated rings. The molecule has 0 radical (unpaired) electrons. The summed E-state index contributed by atoms with van der Waals surface area (Å²) < 4.78 is 10.8. The zero-order valence-electron chi connectivity index (χ0n) is 14.0. The molecule has 0 atom stereocenters. The molecule has 2 N–H and O–H groups in total. The second kappa shape index (κ2) is 8.55. The highest BCUT2D eigenvalue weighted by Gasteiger charge is 2.25. The lowest BCUT2D eigenvalue weighted by atomic mass is 10.1. The number of anilines is 1. The average Bonchev–Trinajstić information content (AvgIpc) is 3.28. The Morgan fingerprint density at radius 1 is 1.25 bits per heavy atom. The maximum absolute atomic E-state index is 5.75. The predicted octanol–water partition coefficient (Wildman–Crippen LogP) is 3.58. The van der Waals surface area contributed by atoms with E-state index in [9.17, 15) is 0 Å². The minimum Gasteiger partial charge on any atom is -0.497 e. The highest BCUT2D eigenvalue weighted by molar-refractivity contribution is 7.15. The van der Waals surface area contributed by atoms with E-state index in [2.05, 4.69) is 16.0 Å². The first-order chi connectivity index (χ1) is 11.2. The fourth-order valence-corrected chi connectivity index (χ4v) is 3.42. The minimum atomic E-state index is 0. The Balaban J connectivity index is 0.00000208. The molecular formula is C17H24ClN3O2S. The normalized spacial score (nSPS) is 13.6. The number of halogens is 1. The molecule has 0 bridgehead atoms. The SMILES string of the molecule is COc1ccc(CN(Cc2cnc(N)s2)CC2CC2)c(OC)c1.Cl. The zero-order chi connectivity index (χ0) is 16.2. The third kappa shape index (κ3) is 5.00. The van der Waals surface area contributed by atoms with E-state index < -0.39 is 0 Å². The van der Waals surface area contributed by atoms with Crippen molar-refractivity contribution in [2.75, 3.05) is 26.5 Å². The van der Waals surface area contributed by atoms with Crippen LogP contribution in [0.15, 0.2) is 24.4 Å². The molecular weight excluding hydrogens is 346 g/mol. The molecule has 1 saturated carbocycles. The van der Waals surface area contributed by atoms with Crippen LogP contribution in [-0.2, 0) is 13.1 Å². The average molecular weight is 370 g/mol. The lowest BCUT2D eigenvalue weighted by Gasteiger charge is -2.23. The molecule has 1 aromatic heterocycles. The summed E-state index contributed by atoms with van der Waals surface area (Å²) >= 11 is 1.56. The predicted molar refractivity (Wildman–Crippen MR) is 100 cm³/mol. The van der Waals surface area contributed by atoms with Gasteiger partial charge < -0.3 is 15.2 Å². The summed E-state index contributed by atoms with van der Waals surface area (Å²) in [5.74, 6) is 2.51. The quantitative estimate of drug-likeness (QED) is 0.770. The van der Waals surface area contributed by atoms with Gasteiger partial charge in [0.25, 0.3) is 0 Å². The Morgan fingerprint density at radius 2 is 2.04 bits per heavy atom. The Labute approximate surface area is 153 Å². The minimum absolute atomic E-state index is 0. The van der Waals surface area contributed by atoms with Crippen LogP contribution < -0.4 is 15.2 Å². The number of benzene rings is 1. The Bertz CT molecular complexity index is 661. The number of nitrogens with zero attached hydrogens (tertiary/aromatic N) is 2. The van der Waals surface area contributed by atoms with E-state index >= 15 is 0 Å². The molecule has 3 rings (SSSR count). The van der Waals surface area contributed by atoms with E-state index in [1.807, 2.05) is 18.3 Å². The smallest absolute Gasteiger partial charge is 0.180 e. The second-order valence-electron chi connectivity index (χ2n) is 5.96. The summed E-state index contributed by atoms with van der Waals surface area (Å²) in [5, 5.41) is 0.633. The van der Waals surface area contributed by atoms with Gasteiger partial charge in [0.05, 0.1) is 14.2 Å². The molecule has 5 nitrogen and oxygen atoms in total. The summed E-state index contributed by atoms with van der Waals surface area (Å²) in [6.45, 7) is 2.83. The van der Waals surface area contributed by atoms with Gasteiger partial charge in [-0.3, -0.25) is 4.90 Å². The fraction of sp³-hybridized carbons (Fsp3) is 0.471. The van der Waals surface area contributed by atoms with Crippen molar-refractivity contribution >= 4 is 28.9 Å². The lowest BCUT2D eigenvalue weighted by Crippen LogP contribution is -2.25. The highest BCUT2D eigenvalue weighted by atomic mass is 35.5. The number of aromatic nitrogens is 1. The van der Waals surface area contributed by atoms with Crippen LogP contribution in [-0.4, -0.2) is 30.6 Å². The summed E-state index contributed by atoms with van der Waals surface area (Å²) in [7, 11) is 3.37. The number of hydrogen-bond donors (Lipinski definition) is 1. The second-order valence-corrected chi connectivity index (χ2v) is 7.10. The number of methoxy groups -OCH3 is 2. The summed E-state index contributed by atoms with van der Waals surface area (Å²) in [4.78, 5) is 7.81. The van der Waals surface area contributed by atoms with Gasteiger partial charge in [-0.1, -0.05) is 6.07 Å². The van der Waals surface area contributed by atoms with E-state index in [4.69, 9.17) is 15.2 Å². The molecule has 2 aromatic rings. The first-order valence-electron chi connectivity index (χ1n) is 7.81. The van der Waals surface area contributed by atoms with Crippen molar-refractivity contribution in [3.05, 3.63) is 34.8 Å². The van der Waals surface area contributed by atoms with Crippen LogP contribution in [0, 0.1) is 5.92 Å². The first kappa shape index (κ1) is 18.8. The van der Waals surface area contributed by atoms with Gasteiger partial charge in [0.1, 0.15) is 11.5 Å². The molecule has 7 heteroatoms. The maximum Gasteiger partial charge on any atom is 0.180 e. The van der Waals surface area contributed by atoms with E-state index in [1.165, 1.54) is 23.3 Å². The number of ether oxygens (including phenoxy) is 2. The Morgan fingerprint density at radius 3 is 2.62 bits per heavy atom. The van der Waals surface area contributed by atoms with E-state index in [0.29, 0.717) is 5.13 Å². The fourth-order valence-electron chi connectivity index (χ4n) is 2.69. The first-order valence-corrected chi connectivity index (χ1v) is 8.63. The van der Waals surface area contributed by atoms with Crippen molar-refractivity contribution < 1.29 is 9.47 Å². The van der Waals surface area contributed by atoms with Gasteiger partial charge in [0.2, 0.25) is 0 Å². The number of nitrogen functional groups attached to an aromatic ring is 1. The van der Waals surface area contributed by atoms with Crippen LogP contribution in [0.5, 0.6) is 11.5 Å². The van der Waals surface area contributed by atoms with Gasteiger partial charge in [-0.2, -0.15) is 0 Å². The molecule has 0 spiro atoms. The van der Waals surface area contributed by atoms with Gasteiger partial charge in [-0.25, -0.2) is 4.98 Å². The number of hydrogen-bond acceptors (Lipinski definition) is 6. The molecule has 1 aliphatic rings. The van der Waals surface area contributed by atoms with Crippen molar-refractivity contribution in [3.63, 3.8) is 0 Å². The van der Waals surface area contributed by atoms with E-state index in [-0.39, 0.29) is 12.4 Å². The monoisotopic (exact) mass is 369 g/mol. The number of thiazole rings is 1. The molecule has 1 aromatic carbocycles. The van der Waals surface area contributed by atoms with Gasteiger partial charge in [-0.15, -0.1) is 23.7 Å². The van der Waals surface area contributed by atoms with Crippen molar-refractivity contribution in [3.8, 4) is 11.5 Å². The van der Waals surface area contributed by atoms with Crippen molar-refractivity contribution in [2.45, 2.75) is 25.9 Å². The maximum atomic E-state index is 5.75. The molecule has 0 saturated heterocycles. The largest absolute Gasteiger partial charge is 0.497 e. The zero-order valence-corrected chi connectivity index (χ0v) is 15.7. The van der Waals surface area contributed by atoms with Crippen LogP contribution in [0.25, 0.3) is 0 Å². The highest BCUT2D eigenvalue weighted by Crippen LogP contribution is 2.32. The van der Waals surface area contributed by atoms with Crippen LogP contribution in [0.4, 0.5) is 5.13 Å². The van der Waals surface area contributed by atoms with Crippen LogP contribution in [0.1, 0.15) is 23.3 Å². The molecule has 132 valence electrons. The standard InChI is InChI=1S/C17H23N3O2S.ClH/c1-21-14-6-5-13(16(7-14)22-2)10-20(9-12-3-4-12)11-15-8-19-17(18)23-15;/h5-8,12H,3-4,9-11H2,1-2H3,(H2,18,19);1H. The molecule has 0 amide bonds. The van der Waals surface area contributed by atoms with Crippen LogP contribution >= 0.6 is 23.7 Å². The van der Waals surface area contributed by atoms with Gasteiger partial charge in [-0.05, 0) is 24.8 Å². The summed E-state index contributed by atoms with van der Waals surface area (Å²) in [6, 6.07) is 6.01. The van der Waals surface area contributed by atoms with Gasteiger partial charge in [0.15, 0.2) is 5.13 Å². The molecule has 24 heavy (non-hydrogen) atoms. The number of nitrogens with two attached hydrogens (primary N) is 1.